The number of hydrogen-bond acceptors (Lipinski definition) is 3. The first-order chi connectivity index (χ1) is 16.8. The van der Waals surface area contributed by atoms with E-state index < -0.39 is 56.9 Å². The monoisotopic (exact) mass is 527 g/mol. The predicted octanol–water partition coefficient (Wildman–Crippen LogP) is 4.31. The lowest BCUT2D eigenvalue weighted by molar-refractivity contribution is 0.170. The average Bonchev–Trinajstić information content (AvgIpc) is 3.55. The van der Waals surface area contributed by atoms with E-state index in [2.05, 4.69) is 10.0 Å². The molecular formula is C25H29F4N3O3S. The fourth-order valence-electron chi connectivity index (χ4n) is 4.89. The van der Waals surface area contributed by atoms with E-state index in [4.69, 9.17) is 0 Å². The molecule has 4 rings (SSSR count). The average molecular weight is 528 g/mol. The molecule has 6 nitrogen and oxygen atoms in total. The number of rotatable bonds is 8. The second kappa shape index (κ2) is 9.66. The number of likely N-dealkylation sites (tertiary alicyclic amines) is 1. The second-order valence-electron chi connectivity index (χ2n) is 10.3. The number of hydrogen-bond donors (Lipinski definition) is 2. The molecular weight excluding hydrogens is 498 g/mol. The zero-order chi connectivity index (χ0) is 26.3. The first kappa shape index (κ1) is 26.4. The highest BCUT2D eigenvalue weighted by atomic mass is 32.2. The molecule has 2 atom stereocenters. The van der Waals surface area contributed by atoms with Crippen LogP contribution in [0.15, 0.2) is 42.5 Å². The zero-order valence-corrected chi connectivity index (χ0v) is 20.8. The Morgan fingerprint density at radius 2 is 1.83 bits per heavy atom. The predicted molar refractivity (Wildman–Crippen MR) is 128 cm³/mol. The van der Waals surface area contributed by atoms with Crippen LogP contribution in [0.2, 0.25) is 0 Å². The molecule has 1 aliphatic heterocycles. The number of amides is 2. The largest absolute Gasteiger partial charge is 0.335 e. The minimum atomic E-state index is -4.32. The van der Waals surface area contributed by atoms with Crippen molar-refractivity contribution in [2.45, 2.75) is 50.9 Å². The maximum absolute atomic E-state index is 15.6. The summed E-state index contributed by atoms with van der Waals surface area (Å²) in [5.74, 6) is -1.39. The van der Waals surface area contributed by atoms with Gasteiger partial charge < -0.3 is 10.2 Å². The van der Waals surface area contributed by atoms with E-state index in [0.717, 1.165) is 12.1 Å². The number of urea groups is 1. The Kier molecular flexibility index (Phi) is 7.09. The Balaban J connectivity index is 1.72. The molecule has 1 spiro atoms. The zero-order valence-electron chi connectivity index (χ0n) is 20.0. The van der Waals surface area contributed by atoms with Crippen LogP contribution in [0.4, 0.5) is 22.4 Å². The van der Waals surface area contributed by atoms with Crippen LogP contribution in [0.5, 0.6) is 0 Å². The Morgan fingerprint density at radius 3 is 2.42 bits per heavy atom. The molecule has 2 fully saturated rings. The van der Waals surface area contributed by atoms with Crippen LogP contribution in [0, 0.1) is 17.0 Å². The van der Waals surface area contributed by atoms with Crippen LogP contribution in [-0.2, 0) is 16.4 Å². The summed E-state index contributed by atoms with van der Waals surface area (Å²) < 4.78 is 84.2. The van der Waals surface area contributed by atoms with Gasteiger partial charge >= 0.3 is 6.03 Å². The van der Waals surface area contributed by atoms with Gasteiger partial charge in [0.1, 0.15) is 17.3 Å². The van der Waals surface area contributed by atoms with Crippen molar-refractivity contribution in [1.82, 2.24) is 14.9 Å². The smallest absolute Gasteiger partial charge is 0.317 e. The lowest BCUT2D eigenvalue weighted by Crippen LogP contribution is -2.52. The molecule has 0 bridgehead atoms. The summed E-state index contributed by atoms with van der Waals surface area (Å²) >= 11 is 0. The van der Waals surface area contributed by atoms with Gasteiger partial charge in [0.05, 0.1) is 12.6 Å². The molecule has 1 saturated heterocycles. The molecule has 1 unspecified atom stereocenters. The van der Waals surface area contributed by atoms with Gasteiger partial charge in [-0.05, 0) is 56.4 Å². The molecule has 1 saturated carbocycles. The molecule has 1 aliphatic carbocycles. The van der Waals surface area contributed by atoms with Crippen molar-refractivity contribution >= 4 is 16.1 Å². The third kappa shape index (κ3) is 5.67. The molecule has 0 aromatic heterocycles. The minimum Gasteiger partial charge on any atom is -0.335 e. The number of benzene rings is 2. The SMILES string of the molecule is CC(C)(F)CNC(=O)N1CC2(CC2)C(NS(=O)(=O)CF)[C@@H]1Cc1cc(F)cc(-c2ccccc2)c1F. The molecule has 0 radical (unpaired) electrons. The highest BCUT2D eigenvalue weighted by Crippen LogP contribution is 2.55. The Hall–Kier alpha value is -2.66. The Morgan fingerprint density at radius 1 is 1.17 bits per heavy atom. The number of carbonyl (C=O) groups is 1. The molecule has 2 amide bonds. The van der Waals surface area contributed by atoms with Crippen molar-refractivity contribution in [2.75, 3.05) is 19.1 Å². The Labute approximate surface area is 208 Å². The molecule has 2 N–H and O–H groups in total. The van der Waals surface area contributed by atoms with Crippen LogP contribution in [0.3, 0.4) is 0 Å². The minimum absolute atomic E-state index is 0.0285. The number of carbonyl (C=O) groups excluding carboxylic acids is 1. The van der Waals surface area contributed by atoms with Gasteiger partial charge in [-0.3, -0.25) is 0 Å². The third-order valence-corrected chi connectivity index (χ3v) is 7.72. The number of halogens is 4. The van der Waals surface area contributed by atoms with Gasteiger partial charge in [-0.2, -0.15) is 0 Å². The van der Waals surface area contributed by atoms with E-state index in [1.807, 2.05) is 0 Å². The van der Waals surface area contributed by atoms with E-state index in [-0.39, 0.29) is 30.6 Å². The number of alkyl halides is 2. The highest BCUT2D eigenvalue weighted by Gasteiger charge is 2.61. The van der Waals surface area contributed by atoms with Gasteiger partial charge in [0.15, 0.2) is 0 Å². The van der Waals surface area contributed by atoms with Crippen LogP contribution < -0.4 is 10.0 Å². The maximum Gasteiger partial charge on any atom is 0.317 e. The molecule has 2 aliphatic rings. The van der Waals surface area contributed by atoms with Gasteiger partial charge in [0.2, 0.25) is 16.0 Å². The van der Waals surface area contributed by atoms with Gasteiger partial charge in [-0.1, -0.05) is 30.3 Å². The van der Waals surface area contributed by atoms with Gasteiger partial charge in [-0.25, -0.2) is 35.5 Å². The lowest BCUT2D eigenvalue weighted by Gasteiger charge is -2.30. The Bertz CT molecular complexity index is 1230. The van der Waals surface area contributed by atoms with Crippen LogP contribution in [0.1, 0.15) is 32.3 Å². The molecule has 36 heavy (non-hydrogen) atoms. The summed E-state index contributed by atoms with van der Waals surface area (Å²) in [7, 11) is -4.32. The van der Waals surface area contributed by atoms with Crippen molar-refractivity contribution in [1.29, 1.82) is 0 Å². The van der Waals surface area contributed by atoms with Gasteiger partial charge in [0.25, 0.3) is 0 Å². The van der Waals surface area contributed by atoms with E-state index in [1.54, 1.807) is 30.3 Å². The molecule has 1 heterocycles. The van der Waals surface area contributed by atoms with Crippen molar-refractivity contribution in [2.24, 2.45) is 5.41 Å². The summed E-state index contributed by atoms with van der Waals surface area (Å²) in [6.07, 6.45) is 0.918. The normalized spacial score (nSPS) is 21.1. The number of nitrogens with zero attached hydrogens (tertiary/aromatic N) is 1. The van der Waals surface area contributed by atoms with E-state index in [0.29, 0.717) is 18.4 Å². The van der Waals surface area contributed by atoms with Gasteiger partial charge in [0, 0.05) is 23.6 Å². The molecule has 2 aromatic carbocycles. The first-order valence-electron chi connectivity index (χ1n) is 11.7. The maximum atomic E-state index is 15.6. The lowest BCUT2D eigenvalue weighted by atomic mass is 9.91. The summed E-state index contributed by atoms with van der Waals surface area (Å²) in [6, 6.07) is 6.30. The van der Waals surface area contributed by atoms with Crippen molar-refractivity contribution in [3.8, 4) is 11.1 Å². The fraction of sp³-hybridized carbons (Fsp3) is 0.480. The van der Waals surface area contributed by atoms with Crippen molar-refractivity contribution in [3.05, 3.63) is 59.7 Å². The van der Waals surface area contributed by atoms with E-state index in [1.165, 1.54) is 18.7 Å². The highest BCUT2D eigenvalue weighted by molar-refractivity contribution is 7.89. The van der Waals surface area contributed by atoms with Crippen molar-refractivity contribution < 1.29 is 30.8 Å². The van der Waals surface area contributed by atoms with E-state index >= 15 is 4.39 Å². The van der Waals surface area contributed by atoms with E-state index in [9.17, 15) is 26.4 Å². The molecule has 2 aromatic rings. The standard InChI is InChI=1S/C25H29F4N3O3S/c1-24(2,29)13-30-23(33)32-14-25(8-9-25)22(31-36(34,35)15-26)20(32)11-17-10-18(27)12-19(21(17)28)16-6-4-3-5-7-16/h3-7,10,12,20,22,31H,8-9,11,13-15H2,1-2H3,(H,30,33)/t20-,22?/m0/s1. The first-order valence-corrected chi connectivity index (χ1v) is 13.3. The fourth-order valence-corrected chi connectivity index (χ4v) is 5.74. The van der Waals surface area contributed by atoms with Crippen LogP contribution in [-0.4, -0.2) is 56.2 Å². The number of sulfonamides is 1. The van der Waals surface area contributed by atoms with Gasteiger partial charge in [-0.15, -0.1) is 0 Å². The third-order valence-electron chi connectivity index (χ3n) is 6.82. The number of nitrogens with one attached hydrogen (secondary N) is 2. The van der Waals surface area contributed by atoms with Crippen LogP contribution in [0.25, 0.3) is 11.1 Å². The topological polar surface area (TPSA) is 78.5 Å². The van der Waals surface area contributed by atoms with Crippen molar-refractivity contribution in [3.63, 3.8) is 0 Å². The van der Waals surface area contributed by atoms with Crippen LogP contribution >= 0.6 is 0 Å². The summed E-state index contributed by atoms with van der Waals surface area (Å²) in [5, 5.41) is 2.50. The second-order valence-corrected chi connectivity index (χ2v) is 11.9. The summed E-state index contributed by atoms with van der Waals surface area (Å²) in [6.45, 7) is 2.42. The molecule has 196 valence electrons. The molecule has 11 heteroatoms. The summed E-state index contributed by atoms with van der Waals surface area (Å²) in [4.78, 5) is 14.4. The quantitative estimate of drug-likeness (QED) is 0.503. The summed E-state index contributed by atoms with van der Waals surface area (Å²) in [5.41, 5.74) is -1.92.